The Morgan fingerprint density at radius 2 is 2.35 bits per heavy atom. The highest BCUT2D eigenvalue weighted by molar-refractivity contribution is 5.43. The zero-order valence-electron chi connectivity index (χ0n) is 10.1. The molecule has 1 aromatic rings. The number of halogens is 1. The molecule has 17 heavy (non-hydrogen) atoms. The highest BCUT2D eigenvalue weighted by Crippen LogP contribution is 2.25. The van der Waals surface area contributed by atoms with Gasteiger partial charge in [0.25, 0.3) is 0 Å². The first-order valence-corrected chi connectivity index (χ1v) is 5.67. The Kier molecular flexibility index (Phi) is 3.42. The van der Waals surface area contributed by atoms with Crippen molar-refractivity contribution in [2.45, 2.75) is 19.4 Å². The molecule has 2 N–H and O–H groups in total. The summed E-state index contributed by atoms with van der Waals surface area (Å²) in [5, 5.41) is 0. The summed E-state index contributed by atoms with van der Waals surface area (Å²) in [6, 6.07) is 0. The van der Waals surface area contributed by atoms with Crippen molar-refractivity contribution < 1.29 is 9.13 Å². The standard InChI is InChI=1S/C11H17FN4O/c1-7-3-4-16(6-9(7)17-2)10-8(12)5-14-11(13)15-10/h5,7,9H,3-4,6H2,1-2H3,(H2,13,14,15). The molecule has 2 atom stereocenters. The van der Waals surface area contributed by atoms with Gasteiger partial charge < -0.3 is 15.4 Å². The first kappa shape index (κ1) is 12.0. The molecule has 0 saturated carbocycles. The van der Waals surface area contributed by atoms with Crippen molar-refractivity contribution in [1.29, 1.82) is 0 Å². The van der Waals surface area contributed by atoms with Crippen LogP contribution in [0.5, 0.6) is 0 Å². The zero-order chi connectivity index (χ0) is 12.4. The van der Waals surface area contributed by atoms with E-state index in [1.807, 2.05) is 4.90 Å². The Morgan fingerprint density at radius 3 is 3.06 bits per heavy atom. The molecule has 0 amide bonds. The number of methoxy groups -OCH3 is 1. The van der Waals surface area contributed by atoms with Crippen LogP contribution in [0, 0.1) is 11.7 Å². The van der Waals surface area contributed by atoms with E-state index in [0.717, 1.165) is 19.2 Å². The van der Waals surface area contributed by atoms with E-state index < -0.39 is 5.82 Å². The predicted octanol–water partition coefficient (Wildman–Crippen LogP) is 1.06. The third-order valence-electron chi connectivity index (χ3n) is 3.24. The van der Waals surface area contributed by atoms with Crippen molar-refractivity contribution in [3.63, 3.8) is 0 Å². The fourth-order valence-corrected chi connectivity index (χ4v) is 2.13. The molecule has 0 spiro atoms. The summed E-state index contributed by atoms with van der Waals surface area (Å²) in [7, 11) is 1.68. The largest absolute Gasteiger partial charge is 0.379 e. The van der Waals surface area contributed by atoms with Gasteiger partial charge in [-0.2, -0.15) is 4.98 Å². The third kappa shape index (κ3) is 2.46. The second-order valence-electron chi connectivity index (χ2n) is 4.39. The lowest BCUT2D eigenvalue weighted by Gasteiger charge is -2.36. The lowest BCUT2D eigenvalue weighted by Crippen LogP contribution is -2.44. The second kappa shape index (κ2) is 4.83. The quantitative estimate of drug-likeness (QED) is 0.837. The molecular formula is C11H17FN4O. The van der Waals surface area contributed by atoms with Crippen LogP contribution < -0.4 is 10.6 Å². The fourth-order valence-electron chi connectivity index (χ4n) is 2.13. The monoisotopic (exact) mass is 240 g/mol. The van der Waals surface area contributed by atoms with Crippen molar-refractivity contribution in [2.24, 2.45) is 5.92 Å². The van der Waals surface area contributed by atoms with Gasteiger partial charge in [-0.15, -0.1) is 0 Å². The van der Waals surface area contributed by atoms with Gasteiger partial charge in [0.2, 0.25) is 5.95 Å². The smallest absolute Gasteiger partial charge is 0.222 e. The summed E-state index contributed by atoms with van der Waals surface area (Å²) in [4.78, 5) is 9.44. The molecule has 94 valence electrons. The number of rotatable bonds is 2. The summed E-state index contributed by atoms with van der Waals surface area (Å²) in [6.45, 7) is 3.52. The van der Waals surface area contributed by atoms with Gasteiger partial charge in [0.05, 0.1) is 12.3 Å². The van der Waals surface area contributed by atoms with Crippen molar-refractivity contribution in [3.05, 3.63) is 12.0 Å². The van der Waals surface area contributed by atoms with Crippen LogP contribution >= 0.6 is 0 Å². The van der Waals surface area contributed by atoms with Gasteiger partial charge in [0.15, 0.2) is 11.6 Å². The van der Waals surface area contributed by atoms with Gasteiger partial charge in [-0.1, -0.05) is 6.92 Å². The number of anilines is 2. The molecule has 5 nitrogen and oxygen atoms in total. The Bertz CT molecular complexity index is 401. The molecule has 1 aromatic heterocycles. The van der Waals surface area contributed by atoms with Gasteiger partial charge in [-0.05, 0) is 12.3 Å². The van der Waals surface area contributed by atoms with E-state index in [2.05, 4.69) is 16.9 Å². The van der Waals surface area contributed by atoms with Crippen LogP contribution in [-0.4, -0.2) is 36.3 Å². The number of aromatic nitrogens is 2. The molecule has 1 aliphatic heterocycles. The Hall–Kier alpha value is -1.43. The minimum Gasteiger partial charge on any atom is -0.379 e. The van der Waals surface area contributed by atoms with Gasteiger partial charge in [0, 0.05) is 20.2 Å². The van der Waals surface area contributed by atoms with Crippen LogP contribution in [0.25, 0.3) is 0 Å². The average Bonchev–Trinajstić information content (AvgIpc) is 2.33. The SMILES string of the molecule is COC1CN(c2nc(N)ncc2F)CCC1C. The van der Waals surface area contributed by atoms with Crippen LogP contribution in [0.4, 0.5) is 16.2 Å². The van der Waals surface area contributed by atoms with Crippen molar-refractivity contribution in [1.82, 2.24) is 9.97 Å². The number of ether oxygens (including phenoxy) is 1. The van der Waals surface area contributed by atoms with E-state index in [9.17, 15) is 4.39 Å². The number of piperidine rings is 1. The molecule has 2 rings (SSSR count). The number of nitrogens with two attached hydrogens (primary N) is 1. The summed E-state index contributed by atoms with van der Waals surface area (Å²) in [5.74, 6) is 0.391. The fraction of sp³-hybridized carbons (Fsp3) is 0.636. The number of hydrogen-bond donors (Lipinski definition) is 1. The molecule has 0 radical (unpaired) electrons. The molecule has 2 unspecified atom stereocenters. The number of nitrogen functional groups attached to an aromatic ring is 1. The predicted molar refractivity (Wildman–Crippen MR) is 63.2 cm³/mol. The zero-order valence-corrected chi connectivity index (χ0v) is 10.1. The summed E-state index contributed by atoms with van der Waals surface area (Å²) < 4.78 is 19.0. The van der Waals surface area contributed by atoms with Crippen molar-refractivity contribution >= 4 is 11.8 Å². The molecule has 1 fully saturated rings. The van der Waals surface area contributed by atoms with E-state index in [1.54, 1.807) is 7.11 Å². The molecule has 0 aliphatic carbocycles. The number of hydrogen-bond acceptors (Lipinski definition) is 5. The highest BCUT2D eigenvalue weighted by Gasteiger charge is 2.28. The van der Waals surface area contributed by atoms with E-state index >= 15 is 0 Å². The van der Waals surface area contributed by atoms with Gasteiger partial charge in [-0.3, -0.25) is 0 Å². The van der Waals surface area contributed by atoms with Crippen LogP contribution in [0.3, 0.4) is 0 Å². The maximum absolute atomic E-state index is 13.6. The average molecular weight is 240 g/mol. The van der Waals surface area contributed by atoms with Gasteiger partial charge in [0.1, 0.15) is 0 Å². The van der Waals surface area contributed by atoms with Crippen LogP contribution in [0.2, 0.25) is 0 Å². The first-order valence-electron chi connectivity index (χ1n) is 5.67. The van der Waals surface area contributed by atoms with Gasteiger partial charge in [-0.25, -0.2) is 9.37 Å². The third-order valence-corrected chi connectivity index (χ3v) is 3.24. The summed E-state index contributed by atoms with van der Waals surface area (Å²) >= 11 is 0. The van der Waals surface area contributed by atoms with Crippen LogP contribution in [-0.2, 0) is 4.74 Å². The Morgan fingerprint density at radius 1 is 1.59 bits per heavy atom. The van der Waals surface area contributed by atoms with E-state index in [0.29, 0.717) is 12.5 Å². The molecule has 2 heterocycles. The minimum absolute atomic E-state index is 0.0917. The highest BCUT2D eigenvalue weighted by atomic mass is 19.1. The van der Waals surface area contributed by atoms with E-state index in [-0.39, 0.29) is 17.9 Å². The van der Waals surface area contributed by atoms with Crippen molar-refractivity contribution in [2.75, 3.05) is 30.8 Å². The molecular weight excluding hydrogens is 223 g/mol. The molecule has 0 aromatic carbocycles. The number of nitrogens with zero attached hydrogens (tertiary/aromatic N) is 3. The van der Waals surface area contributed by atoms with Crippen molar-refractivity contribution in [3.8, 4) is 0 Å². The summed E-state index contributed by atoms with van der Waals surface area (Å²) in [6.07, 6.45) is 2.15. The maximum atomic E-state index is 13.6. The molecule has 1 aliphatic rings. The van der Waals surface area contributed by atoms with Gasteiger partial charge >= 0.3 is 0 Å². The Labute approximate surface area is 99.8 Å². The van der Waals surface area contributed by atoms with E-state index in [4.69, 9.17) is 10.5 Å². The molecule has 1 saturated heterocycles. The van der Waals surface area contributed by atoms with Crippen LogP contribution in [0.15, 0.2) is 6.20 Å². The minimum atomic E-state index is -0.441. The molecule has 0 bridgehead atoms. The summed E-state index contributed by atoms with van der Waals surface area (Å²) in [5.41, 5.74) is 5.48. The van der Waals surface area contributed by atoms with E-state index in [1.165, 1.54) is 0 Å². The Balaban J connectivity index is 2.20. The molecule has 6 heteroatoms. The first-order chi connectivity index (χ1) is 8.11. The lowest BCUT2D eigenvalue weighted by atomic mass is 9.96. The lowest BCUT2D eigenvalue weighted by molar-refractivity contribution is 0.0495. The normalized spacial score (nSPS) is 25.0. The maximum Gasteiger partial charge on any atom is 0.222 e. The topological polar surface area (TPSA) is 64.3 Å². The second-order valence-corrected chi connectivity index (χ2v) is 4.39. The van der Waals surface area contributed by atoms with Crippen LogP contribution in [0.1, 0.15) is 13.3 Å².